The summed E-state index contributed by atoms with van der Waals surface area (Å²) in [6, 6.07) is 7.33. The molecule has 0 atom stereocenters. The molecule has 0 bridgehead atoms. The lowest BCUT2D eigenvalue weighted by Crippen LogP contribution is -2.24. The third-order valence-corrected chi connectivity index (χ3v) is 4.88. The fourth-order valence-electron chi connectivity index (χ4n) is 2.93. The van der Waals surface area contributed by atoms with E-state index in [4.69, 9.17) is 14.2 Å². The van der Waals surface area contributed by atoms with Crippen molar-refractivity contribution >= 4 is 23.7 Å². The SMILES string of the molecule is COc1cc(-c2ccc3c(c2NC(=O)NSCCOC(C)C)CCO3)ccn1. The molecular formula is C20H25N3O4S. The Morgan fingerprint density at radius 2 is 2.21 bits per heavy atom. The molecule has 0 spiro atoms. The molecule has 0 radical (unpaired) electrons. The second kappa shape index (κ2) is 9.66. The van der Waals surface area contributed by atoms with Crippen LogP contribution in [0.4, 0.5) is 10.5 Å². The van der Waals surface area contributed by atoms with Crippen LogP contribution in [0.5, 0.6) is 11.6 Å². The van der Waals surface area contributed by atoms with E-state index in [2.05, 4.69) is 15.0 Å². The van der Waals surface area contributed by atoms with Crippen molar-refractivity contribution in [2.24, 2.45) is 0 Å². The molecule has 2 heterocycles. The molecule has 1 aliphatic rings. The minimum absolute atomic E-state index is 0.182. The Bertz CT molecular complexity index is 829. The fraction of sp³-hybridized carbons (Fsp3) is 0.400. The molecule has 1 aromatic carbocycles. The number of pyridine rings is 1. The van der Waals surface area contributed by atoms with Gasteiger partial charge < -0.3 is 19.5 Å². The van der Waals surface area contributed by atoms with Crippen LogP contribution in [0, 0.1) is 0 Å². The van der Waals surface area contributed by atoms with Crippen molar-refractivity contribution in [1.82, 2.24) is 9.71 Å². The van der Waals surface area contributed by atoms with Crippen molar-refractivity contribution < 1.29 is 19.0 Å². The molecule has 2 amide bonds. The largest absolute Gasteiger partial charge is 0.493 e. The van der Waals surface area contributed by atoms with Gasteiger partial charge in [-0.05, 0) is 49.6 Å². The number of carbonyl (C=O) groups is 1. The van der Waals surface area contributed by atoms with Crippen LogP contribution in [-0.2, 0) is 11.2 Å². The van der Waals surface area contributed by atoms with Gasteiger partial charge in [0.15, 0.2) is 0 Å². The lowest BCUT2D eigenvalue weighted by molar-refractivity contribution is 0.0920. The van der Waals surface area contributed by atoms with Gasteiger partial charge in [0, 0.05) is 35.6 Å². The Balaban J connectivity index is 1.75. The van der Waals surface area contributed by atoms with Crippen molar-refractivity contribution in [2.75, 3.05) is 31.4 Å². The number of anilines is 1. The summed E-state index contributed by atoms with van der Waals surface area (Å²) in [5.41, 5.74) is 3.56. The molecule has 0 saturated heterocycles. The fourth-order valence-corrected chi connectivity index (χ4v) is 3.39. The molecule has 0 unspecified atom stereocenters. The van der Waals surface area contributed by atoms with Crippen molar-refractivity contribution in [1.29, 1.82) is 0 Å². The van der Waals surface area contributed by atoms with E-state index in [1.807, 2.05) is 38.1 Å². The van der Waals surface area contributed by atoms with E-state index in [9.17, 15) is 4.79 Å². The number of nitrogens with zero attached hydrogens (tertiary/aromatic N) is 1. The molecule has 28 heavy (non-hydrogen) atoms. The normalized spacial score (nSPS) is 12.4. The second-order valence-corrected chi connectivity index (χ2v) is 7.38. The van der Waals surface area contributed by atoms with Gasteiger partial charge in [-0.1, -0.05) is 0 Å². The first-order valence-electron chi connectivity index (χ1n) is 9.18. The van der Waals surface area contributed by atoms with E-state index in [-0.39, 0.29) is 12.1 Å². The van der Waals surface area contributed by atoms with Crippen LogP contribution >= 0.6 is 11.9 Å². The predicted octanol–water partition coefficient (Wildman–Crippen LogP) is 3.89. The summed E-state index contributed by atoms with van der Waals surface area (Å²) in [4.78, 5) is 16.6. The molecule has 0 fully saturated rings. The monoisotopic (exact) mass is 403 g/mol. The van der Waals surface area contributed by atoms with Gasteiger partial charge >= 0.3 is 6.03 Å². The number of hydrogen-bond donors (Lipinski definition) is 2. The number of hydrogen-bond acceptors (Lipinski definition) is 6. The number of carbonyl (C=O) groups excluding carboxylic acids is 1. The van der Waals surface area contributed by atoms with Crippen molar-refractivity contribution in [3.05, 3.63) is 36.0 Å². The zero-order valence-electron chi connectivity index (χ0n) is 16.3. The van der Waals surface area contributed by atoms with Crippen LogP contribution in [-0.4, -0.2) is 43.2 Å². The topological polar surface area (TPSA) is 81.7 Å². The van der Waals surface area contributed by atoms with E-state index in [1.165, 1.54) is 11.9 Å². The molecule has 1 aliphatic heterocycles. The molecule has 8 heteroatoms. The van der Waals surface area contributed by atoms with Gasteiger partial charge in [-0.3, -0.25) is 4.72 Å². The Morgan fingerprint density at radius 1 is 1.36 bits per heavy atom. The number of urea groups is 1. The smallest absolute Gasteiger partial charge is 0.329 e. The van der Waals surface area contributed by atoms with Gasteiger partial charge in [-0.25, -0.2) is 9.78 Å². The quantitative estimate of drug-likeness (QED) is 0.514. The van der Waals surface area contributed by atoms with Crippen LogP contribution in [0.3, 0.4) is 0 Å². The Hall–Kier alpha value is -2.45. The first kappa shape index (κ1) is 20.3. The van der Waals surface area contributed by atoms with Crippen LogP contribution < -0.4 is 19.5 Å². The molecule has 3 rings (SSSR count). The van der Waals surface area contributed by atoms with E-state index in [1.54, 1.807) is 13.3 Å². The van der Waals surface area contributed by atoms with E-state index in [0.29, 0.717) is 24.8 Å². The standard InChI is InChI=1S/C20H25N3O4S/c1-13(2)26-10-11-28-23-20(24)22-19-15(4-5-17-16(19)7-9-27-17)14-6-8-21-18(12-14)25-3/h4-6,8,12-13H,7,9-11H2,1-3H3,(H2,22,23,24). The predicted molar refractivity (Wildman–Crippen MR) is 111 cm³/mol. The van der Waals surface area contributed by atoms with Crippen molar-refractivity contribution in [2.45, 2.75) is 26.4 Å². The highest BCUT2D eigenvalue weighted by molar-refractivity contribution is 7.97. The first-order chi connectivity index (χ1) is 13.6. The summed E-state index contributed by atoms with van der Waals surface area (Å²) in [5, 5.41) is 2.99. The van der Waals surface area contributed by atoms with Gasteiger partial charge in [0.05, 0.1) is 32.1 Å². The number of amides is 2. The Kier molecular flexibility index (Phi) is 7.00. The van der Waals surface area contributed by atoms with E-state index in [0.717, 1.165) is 34.5 Å². The highest BCUT2D eigenvalue weighted by atomic mass is 32.2. The number of ether oxygens (including phenoxy) is 3. The maximum atomic E-state index is 12.5. The van der Waals surface area contributed by atoms with Crippen LogP contribution in [0.1, 0.15) is 19.4 Å². The third-order valence-electron chi connectivity index (χ3n) is 4.17. The number of rotatable bonds is 8. The minimum atomic E-state index is -0.280. The van der Waals surface area contributed by atoms with Gasteiger partial charge in [0.25, 0.3) is 0 Å². The maximum absolute atomic E-state index is 12.5. The summed E-state index contributed by atoms with van der Waals surface area (Å²) in [6.45, 7) is 5.16. The molecular weight excluding hydrogens is 378 g/mol. The molecule has 1 aromatic heterocycles. The lowest BCUT2D eigenvalue weighted by Gasteiger charge is -2.16. The number of methoxy groups -OCH3 is 1. The molecule has 7 nitrogen and oxygen atoms in total. The molecule has 150 valence electrons. The van der Waals surface area contributed by atoms with Crippen molar-refractivity contribution in [3.8, 4) is 22.8 Å². The Labute approximate surface area is 169 Å². The summed E-state index contributed by atoms with van der Waals surface area (Å²) >= 11 is 1.32. The Morgan fingerprint density at radius 3 is 3.00 bits per heavy atom. The minimum Gasteiger partial charge on any atom is -0.493 e. The summed E-state index contributed by atoms with van der Waals surface area (Å²) in [6.07, 6.45) is 2.61. The zero-order valence-corrected chi connectivity index (χ0v) is 17.1. The van der Waals surface area contributed by atoms with Gasteiger partial charge in [0.2, 0.25) is 5.88 Å². The summed E-state index contributed by atoms with van der Waals surface area (Å²) in [7, 11) is 1.58. The second-order valence-electron chi connectivity index (χ2n) is 6.47. The van der Waals surface area contributed by atoms with Crippen LogP contribution in [0.15, 0.2) is 30.5 Å². The van der Waals surface area contributed by atoms with Gasteiger partial charge in [0.1, 0.15) is 5.75 Å². The first-order valence-corrected chi connectivity index (χ1v) is 10.2. The molecule has 0 aliphatic carbocycles. The number of nitrogens with one attached hydrogen (secondary N) is 2. The summed E-state index contributed by atoms with van der Waals surface area (Å²) in [5.74, 6) is 2.00. The van der Waals surface area contributed by atoms with E-state index < -0.39 is 0 Å². The highest BCUT2D eigenvalue weighted by Crippen LogP contribution is 2.40. The number of benzene rings is 1. The van der Waals surface area contributed by atoms with E-state index >= 15 is 0 Å². The molecule has 2 aromatic rings. The van der Waals surface area contributed by atoms with Crippen LogP contribution in [0.2, 0.25) is 0 Å². The van der Waals surface area contributed by atoms with Crippen molar-refractivity contribution in [3.63, 3.8) is 0 Å². The highest BCUT2D eigenvalue weighted by Gasteiger charge is 2.22. The molecule has 0 saturated carbocycles. The average molecular weight is 404 g/mol. The lowest BCUT2D eigenvalue weighted by atomic mass is 9.99. The zero-order chi connectivity index (χ0) is 19.9. The molecule has 2 N–H and O–H groups in total. The third kappa shape index (κ3) is 5.08. The van der Waals surface area contributed by atoms with Gasteiger partial charge in [-0.15, -0.1) is 0 Å². The maximum Gasteiger partial charge on any atom is 0.329 e. The van der Waals surface area contributed by atoms with Crippen LogP contribution in [0.25, 0.3) is 11.1 Å². The number of aromatic nitrogens is 1. The number of fused-ring (bicyclic) bond motifs is 1. The average Bonchev–Trinajstić information content (AvgIpc) is 3.17. The summed E-state index contributed by atoms with van der Waals surface area (Å²) < 4.78 is 19.2. The van der Waals surface area contributed by atoms with Gasteiger partial charge in [-0.2, -0.15) is 0 Å².